The molecule has 0 saturated carbocycles. The molecule has 1 fully saturated rings. The second kappa shape index (κ2) is 12.8. The molecule has 184 valence electrons. The zero-order chi connectivity index (χ0) is 24.5. The van der Waals surface area contributed by atoms with Gasteiger partial charge in [-0.2, -0.15) is 0 Å². The van der Waals surface area contributed by atoms with Crippen LogP contribution in [0.25, 0.3) is 0 Å². The van der Waals surface area contributed by atoms with Crippen LogP contribution in [0, 0.1) is 17.8 Å². The molecular formula is C25H37NO7. The van der Waals surface area contributed by atoms with Crippen molar-refractivity contribution in [2.75, 3.05) is 7.11 Å². The Morgan fingerprint density at radius 1 is 1.27 bits per heavy atom. The van der Waals surface area contributed by atoms with Crippen LogP contribution in [-0.4, -0.2) is 54.1 Å². The van der Waals surface area contributed by atoms with Gasteiger partial charge in [0.15, 0.2) is 0 Å². The molecule has 0 bridgehead atoms. The van der Waals surface area contributed by atoms with Gasteiger partial charge in [0.25, 0.3) is 0 Å². The largest absolute Gasteiger partial charge is 0.457 e. The molecule has 2 rings (SSSR count). The molecule has 0 aromatic heterocycles. The number of ketones is 1. The Morgan fingerprint density at radius 3 is 2.58 bits per heavy atom. The number of allylic oxidation sites excluding steroid dienone is 1. The first-order valence-corrected chi connectivity index (χ1v) is 11.7. The predicted octanol–water partition coefficient (Wildman–Crippen LogP) is 2.63. The normalized spacial score (nSPS) is 31.3. The van der Waals surface area contributed by atoms with Crippen molar-refractivity contribution in [1.82, 2.24) is 5.32 Å². The van der Waals surface area contributed by atoms with E-state index in [-0.39, 0.29) is 48.2 Å². The highest BCUT2D eigenvalue weighted by atomic mass is 16.5. The zero-order valence-corrected chi connectivity index (χ0v) is 20.0. The molecule has 33 heavy (non-hydrogen) atoms. The number of imide groups is 1. The number of carbonyl (C=O) groups excluding carboxylic acids is 4. The van der Waals surface area contributed by atoms with E-state index in [0.29, 0.717) is 37.7 Å². The number of Topliss-reactive ketones (excluding diaryl/α,β-unsaturated/α-hetero) is 1. The average Bonchev–Trinajstić information content (AvgIpc) is 2.75. The molecule has 0 unspecified atom stereocenters. The van der Waals surface area contributed by atoms with Crippen LogP contribution in [-0.2, 0) is 28.7 Å². The maximum absolute atomic E-state index is 12.9. The minimum Gasteiger partial charge on any atom is -0.457 e. The van der Waals surface area contributed by atoms with Gasteiger partial charge in [0.2, 0.25) is 11.8 Å². The fraction of sp³-hybridized carbons (Fsp3) is 0.680. The van der Waals surface area contributed by atoms with Gasteiger partial charge in [-0.25, -0.2) is 0 Å². The number of hydrogen-bond acceptors (Lipinski definition) is 7. The summed E-state index contributed by atoms with van der Waals surface area (Å²) in [4.78, 5) is 48.4. The number of carbonyl (C=O) groups is 4. The molecule has 0 aromatic rings. The lowest BCUT2D eigenvalue weighted by molar-refractivity contribution is -0.151. The summed E-state index contributed by atoms with van der Waals surface area (Å²) in [6, 6.07) is 0. The lowest BCUT2D eigenvalue weighted by atomic mass is 9.86. The van der Waals surface area contributed by atoms with Gasteiger partial charge in [0.05, 0.1) is 12.0 Å². The van der Waals surface area contributed by atoms with Crippen molar-refractivity contribution in [1.29, 1.82) is 0 Å². The first kappa shape index (κ1) is 26.9. The van der Waals surface area contributed by atoms with E-state index in [4.69, 9.17) is 9.47 Å². The van der Waals surface area contributed by atoms with E-state index in [1.165, 1.54) is 7.11 Å². The summed E-state index contributed by atoms with van der Waals surface area (Å²) in [6.45, 7) is 5.41. The maximum Gasteiger partial charge on any atom is 0.306 e. The molecule has 8 heteroatoms. The lowest BCUT2D eigenvalue weighted by Crippen LogP contribution is -2.38. The van der Waals surface area contributed by atoms with Gasteiger partial charge in [0, 0.05) is 38.7 Å². The van der Waals surface area contributed by atoms with Crippen molar-refractivity contribution in [3.05, 3.63) is 23.8 Å². The number of ether oxygens (including phenoxy) is 2. The highest BCUT2D eigenvalue weighted by Gasteiger charge is 2.31. The van der Waals surface area contributed by atoms with Crippen molar-refractivity contribution >= 4 is 23.6 Å². The molecular weight excluding hydrogens is 426 g/mol. The summed E-state index contributed by atoms with van der Waals surface area (Å²) >= 11 is 0. The fourth-order valence-electron chi connectivity index (χ4n) is 4.48. The number of aliphatic hydroxyl groups excluding tert-OH is 1. The monoisotopic (exact) mass is 463 g/mol. The smallest absolute Gasteiger partial charge is 0.306 e. The van der Waals surface area contributed by atoms with Gasteiger partial charge < -0.3 is 14.6 Å². The summed E-state index contributed by atoms with van der Waals surface area (Å²) in [6.07, 6.45) is 6.07. The SMILES string of the molecule is CO[C@H]1/C=C/CCC(=O)O[C@H]([C@H](C)C(=O)CCCC2CC(=O)NC(=O)C2)/C(C)=C\[C@@H](C)[C@@H]1O. The molecule has 0 radical (unpaired) electrons. The summed E-state index contributed by atoms with van der Waals surface area (Å²) < 4.78 is 11.1. The maximum atomic E-state index is 12.9. The molecule has 2 heterocycles. The van der Waals surface area contributed by atoms with E-state index in [0.717, 1.165) is 0 Å². The number of piperidine rings is 1. The highest BCUT2D eigenvalue weighted by molar-refractivity contribution is 5.97. The van der Waals surface area contributed by atoms with Crippen LogP contribution in [0.4, 0.5) is 0 Å². The Morgan fingerprint density at radius 2 is 1.94 bits per heavy atom. The first-order chi connectivity index (χ1) is 15.6. The first-order valence-electron chi connectivity index (χ1n) is 11.7. The Bertz CT molecular complexity index is 772. The van der Waals surface area contributed by atoms with E-state index in [9.17, 15) is 24.3 Å². The Labute approximate surface area is 195 Å². The van der Waals surface area contributed by atoms with Gasteiger partial charge in [0.1, 0.15) is 18.0 Å². The number of rotatable bonds is 7. The van der Waals surface area contributed by atoms with Crippen molar-refractivity contribution in [2.24, 2.45) is 17.8 Å². The van der Waals surface area contributed by atoms with Crippen LogP contribution in [0.3, 0.4) is 0 Å². The van der Waals surface area contributed by atoms with Crippen LogP contribution in [0.1, 0.15) is 65.7 Å². The van der Waals surface area contributed by atoms with Crippen LogP contribution in [0.5, 0.6) is 0 Å². The van der Waals surface area contributed by atoms with Crippen molar-refractivity contribution in [2.45, 2.75) is 84.0 Å². The summed E-state index contributed by atoms with van der Waals surface area (Å²) in [5.41, 5.74) is 0.713. The van der Waals surface area contributed by atoms with Crippen LogP contribution >= 0.6 is 0 Å². The number of cyclic esters (lactones) is 1. The minimum atomic E-state index is -0.779. The fourth-order valence-corrected chi connectivity index (χ4v) is 4.48. The number of nitrogens with one attached hydrogen (secondary N) is 1. The second-order valence-corrected chi connectivity index (χ2v) is 9.23. The topological polar surface area (TPSA) is 119 Å². The van der Waals surface area contributed by atoms with Crippen LogP contribution < -0.4 is 5.32 Å². The zero-order valence-electron chi connectivity index (χ0n) is 20.0. The molecule has 2 aliphatic heterocycles. The van der Waals surface area contributed by atoms with E-state index in [1.54, 1.807) is 26.0 Å². The Hall–Kier alpha value is -2.32. The van der Waals surface area contributed by atoms with Gasteiger partial charge >= 0.3 is 5.97 Å². The van der Waals surface area contributed by atoms with E-state index >= 15 is 0 Å². The second-order valence-electron chi connectivity index (χ2n) is 9.23. The molecule has 2 N–H and O–H groups in total. The number of hydrogen-bond donors (Lipinski definition) is 2. The van der Waals surface area contributed by atoms with Crippen LogP contribution in [0.15, 0.2) is 23.8 Å². The predicted molar refractivity (Wildman–Crippen MR) is 122 cm³/mol. The third-order valence-corrected chi connectivity index (χ3v) is 6.45. The third-order valence-electron chi connectivity index (χ3n) is 6.45. The van der Waals surface area contributed by atoms with Gasteiger partial charge in [-0.05, 0) is 37.7 Å². The molecule has 2 aliphatic rings. The number of esters is 1. The molecule has 1 saturated heterocycles. The standard InChI is InChI=1S/C25H37NO7/c1-15-12-16(2)25(33-23(30)11-6-5-10-20(32-4)24(15)31)17(3)19(27)9-7-8-18-13-21(28)26-22(29)14-18/h5,10,12,15,17-18,20,24-25,31H,6-9,11,13-14H2,1-4H3,(H,26,28,29)/b10-5+,16-12-/t15-,17-,20+,24+,25+/m1/s1. The average molecular weight is 464 g/mol. The Kier molecular flexibility index (Phi) is 10.4. The van der Waals surface area contributed by atoms with Gasteiger partial charge in [-0.1, -0.05) is 32.1 Å². The highest BCUT2D eigenvalue weighted by Crippen LogP contribution is 2.26. The minimum absolute atomic E-state index is 0.0397. The third kappa shape index (κ3) is 8.19. The van der Waals surface area contributed by atoms with E-state index in [2.05, 4.69) is 5.32 Å². The number of aliphatic hydroxyl groups is 1. The van der Waals surface area contributed by atoms with Gasteiger partial charge in [-0.3, -0.25) is 24.5 Å². The van der Waals surface area contributed by atoms with Crippen molar-refractivity contribution < 1.29 is 33.8 Å². The number of methoxy groups -OCH3 is 1. The van der Waals surface area contributed by atoms with E-state index in [1.807, 2.05) is 13.0 Å². The van der Waals surface area contributed by atoms with Gasteiger partial charge in [-0.15, -0.1) is 0 Å². The van der Waals surface area contributed by atoms with Crippen molar-refractivity contribution in [3.8, 4) is 0 Å². The molecule has 5 atom stereocenters. The summed E-state index contributed by atoms with van der Waals surface area (Å²) in [7, 11) is 1.53. The Balaban J connectivity index is 2.06. The lowest BCUT2D eigenvalue weighted by Gasteiger charge is -2.28. The summed E-state index contributed by atoms with van der Waals surface area (Å²) in [5, 5.41) is 12.9. The van der Waals surface area contributed by atoms with E-state index < -0.39 is 24.2 Å². The molecule has 2 amide bonds. The summed E-state index contributed by atoms with van der Waals surface area (Å²) in [5.74, 6) is -1.83. The molecule has 0 aromatic carbocycles. The van der Waals surface area contributed by atoms with Crippen LogP contribution in [0.2, 0.25) is 0 Å². The number of amides is 2. The quantitative estimate of drug-likeness (QED) is 0.338. The van der Waals surface area contributed by atoms with Crippen molar-refractivity contribution in [3.63, 3.8) is 0 Å². The molecule has 0 spiro atoms. The molecule has 0 aliphatic carbocycles. The molecule has 8 nitrogen and oxygen atoms in total.